The van der Waals surface area contributed by atoms with Gasteiger partial charge in [0.1, 0.15) is 0 Å². The maximum absolute atomic E-state index is 9.20. The number of hydrogen-bond acceptors (Lipinski definition) is 5. The Balaban J connectivity index is 1.99. The number of nitrogens with zero attached hydrogens (tertiary/aromatic N) is 2. The molecule has 0 radical (unpaired) electrons. The molecule has 0 bridgehead atoms. The number of aliphatic hydroxyl groups is 1. The maximum atomic E-state index is 9.20. The average Bonchev–Trinajstić information content (AvgIpc) is 2.67. The lowest BCUT2D eigenvalue weighted by Crippen LogP contribution is -2.06. The summed E-state index contributed by atoms with van der Waals surface area (Å²) in [5.41, 5.74) is 0. The standard InChI is InChI=1S/C10H16N2O2S/c1-7(13)6-9-11-10(14-12-9)8-4-2-3-5-15-8/h7-8,13H,2-6H2,1H3. The third-order valence-electron chi connectivity index (χ3n) is 2.42. The Bertz CT molecular complexity index is 308. The molecule has 0 aromatic carbocycles. The van der Waals surface area contributed by atoms with Gasteiger partial charge in [-0.05, 0) is 25.5 Å². The van der Waals surface area contributed by atoms with Gasteiger partial charge in [-0.3, -0.25) is 0 Å². The molecule has 84 valence electrons. The summed E-state index contributed by atoms with van der Waals surface area (Å²) < 4.78 is 5.21. The molecule has 2 atom stereocenters. The number of hydrogen-bond donors (Lipinski definition) is 1. The Morgan fingerprint density at radius 3 is 3.13 bits per heavy atom. The molecule has 1 aromatic heterocycles. The third kappa shape index (κ3) is 2.95. The molecule has 0 amide bonds. The molecule has 0 spiro atoms. The summed E-state index contributed by atoms with van der Waals surface area (Å²) in [6.07, 6.45) is 3.72. The molecule has 4 nitrogen and oxygen atoms in total. The van der Waals surface area contributed by atoms with Crippen LogP contribution in [0.3, 0.4) is 0 Å². The Morgan fingerprint density at radius 1 is 1.60 bits per heavy atom. The zero-order valence-electron chi connectivity index (χ0n) is 8.85. The van der Waals surface area contributed by atoms with Crippen molar-refractivity contribution in [1.29, 1.82) is 0 Å². The molecule has 0 aliphatic carbocycles. The van der Waals surface area contributed by atoms with Crippen molar-refractivity contribution >= 4 is 11.8 Å². The molecule has 1 fully saturated rings. The van der Waals surface area contributed by atoms with Gasteiger partial charge in [-0.2, -0.15) is 4.98 Å². The average molecular weight is 228 g/mol. The van der Waals surface area contributed by atoms with Crippen LogP contribution < -0.4 is 0 Å². The molecular weight excluding hydrogens is 212 g/mol. The van der Waals surface area contributed by atoms with Crippen LogP contribution in [0.1, 0.15) is 43.2 Å². The van der Waals surface area contributed by atoms with Crippen LogP contribution in [0.25, 0.3) is 0 Å². The lowest BCUT2D eigenvalue weighted by molar-refractivity contribution is 0.191. The number of rotatable bonds is 3. The molecule has 1 aliphatic rings. The highest BCUT2D eigenvalue weighted by molar-refractivity contribution is 7.99. The summed E-state index contributed by atoms with van der Waals surface area (Å²) in [5, 5.41) is 13.4. The van der Waals surface area contributed by atoms with Gasteiger partial charge in [0.2, 0.25) is 5.89 Å². The molecule has 1 N–H and O–H groups in total. The Hall–Kier alpha value is -0.550. The van der Waals surface area contributed by atoms with E-state index in [2.05, 4.69) is 10.1 Å². The second-order valence-corrected chi connectivity index (χ2v) is 5.27. The molecule has 1 aromatic rings. The van der Waals surface area contributed by atoms with Crippen LogP contribution in [0, 0.1) is 0 Å². The number of thioether (sulfide) groups is 1. The van der Waals surface area contributed by atoms with E-state index >= 15 is 0 Å². The van der Waals surface area contributed by atoms with Crippen molar-refractivity contribution in [3.8, 4) is 0 Å². The predicted molar refractivity (Wildman–Crippen MR) is 58.7 cm³/mol. The van der Waals surface area contributed by atoms with Crippen LogP contribution in [0.15, 0.2) is 4.52 Å². The van der Waals surface area contributed by atoms with Gasteiger partial charge < -0.3 is 9.63 Å². The molecule has 0 saturated carbocycles. The zero-order chi connectivity index (χ0) is 10.7. The second-order valence-electron chi connectivity index (χ2n) is 3.96. The molecule has 1 aliphatic heterocycles. The fourth-order valence-electron chi connectivity index (χ4n) is 1.68. The summed E-state index contributed by atoms with van der Waals surface area (Å²) in [6, 6.07) is 0. The molecular formula is C10H16N2O2S. The van der Waals surface area contributed by atoms with Crippen LogP contribution in [-0.2, 0) is 6.42 Å². The van der Waals surface area contributed by atoms with E-state index < -0.39 is 6.10 Å². The van der Waals surface area contributed by atoms with Crippen LogP contribution in [0.4, 0.5) is 0 Å². The second kappa shape index (κ2) is 4.99. The lowest BCUT2D eigenvalue weighted by atomic mass is 10.2. The minimum atomic E-state index is -0.408. The van der Waals surface area contributed by atoms with E-state index in [4.69, 9.17) is 4.52 Å². The van der Waals surface area contributed by atoms with Gasteiger partial charge in [0, 0.05) is 6.42 Å². The van der Waals surface area contributed by atoms with E-state index in [9.17, 15) is 5.11 Å². The minimum Gasteiger partial charge on any atom is -0.393 e. The van der Waals surface area contributed by atoms with Gasteiger partial charge in [0.15, 0.2) is 5.82 Å². The van der Waals surface area contributed by atoms with Crippen molar-refractivity contribution < 1.29 is 9.63 Å². The van der Waals surface area contributed by atoms with E-state index in [0.29, 0.717) is 17.5 Å². The van der Waals surface area contributed by atoms with Crippen molar-refractivity contribution in [2.75, 3.05) is 5.75 Å². The van der Waals surface area contributed by atoms with E-state index in [1.54, 1.807) is 6.92 Å². The summed E-state index contributed by atoms with van der Waals surface area (Å²) >= 11 is 1.89. The largest absolute Gasteiger partial charge is 0.393 e. The molecule has 2 rings (SSSR count). The zero-order valence-corrected chi connectivity index (χ0v) is 9.66. The smallest absolute Gasteiger partial charge is 0.239 e. The molecule has 2 heterocycles. The molecule has 2 unspecified atom stereocenters. The maximum Gasteiger partial charge on any atom is 0.239 e. The van der Waals surface area contributed by atoms with Crippen molar-refractivity contribution in [1.82, 2.24) is 10.1 Å². The van der Waals surface area contributed by atoms with Gasteiger partial charge in [-0.15, -0.1) is 11.8 Å². The number of aromatic nitrogens is 2. The first-order valence-corrected chi connectivity index (χ1v) is 6.42. The third-order valence-corrected chi connectivity index (χ3v) is 3.78. The molecule has 5 heteroatoms. The van der Waals surface area contributed by atoms with Crippen molar-refractivity contribution in [3.63, 3.8) is 0 Å². The van der Waals surface area contributed by atoms with Crippen molar-refractivity contribution in [2.24, 2.45) is 0 Å². The van der Waals surface area contributed by atoms with Crippen LogP contribution in [0.5, 0.6) is 0 Å². The van der Waals surface area contributed by atoms with Crippen LogP contribution in [0.2, 0.25) is 0 Å². The summed E-state index contributed by atoms with van der Waals surface area (Å²) in [6.45, 7) is 1.73. The monoisotopic (exact) mass is 228 g/mol. The first kappa shape index (κ1) is 11.0. The predicted octanol–water partition coefficient (Wildman–Crippen LogP) is 1.95. The fraction of sp³-hybridized carbons (Fsp3) is 0.800. The minimum absolute atomic E-state index is 0.369. The normalized spacial score (nSPS) is 24.0. The topological polar surface area (TPSA) is 59.2 Å². The van der Waals surface area contributed by atoms with E-state index in [1.807, 2.05) is 11.8 Å². The molecule has 1 saturated heterocycles. The van der Waals surface area contributed by atoms with Gasteiger partial charge in [-0.1, -0.05) is 11.6 Å². The summed E-state index contributed by atoms with van der Waals surface area (Å²) in [7, 11) is 0. The lowest BCUT2D eigenvalue weighted by Gasteiger charge is -2.16. The van der Waals surface area contributed by atoms with Gasteiger partial charge in [-0.25, -0.2) is 0 Å². The number of aliphatic hydroxyl groups excluding tert-OH is 1. The molecule has 15 heavy (non-hydrogen) atoms. The van der Waals surface area contributed by atoms with Gasteiger partial charge in [0.05, 0.1) is 11.4 Å². The van der Waals surface area contributed by atoms with Crippen LogP contribution >= 0.6 is 11.8 Å². The van der Waals surface area contributed by atoms with Crippen LogP contribution in [-0.4, -0.2) is 27.1 Å². The first-order chi connectivity index (χ1) is 7.25. The van der Waals surface area contributed by atoms with Gasteiger partial charge in [0.25, 0.3) is 0 Å². The van der Waals surface area contributed by atoms with Gasteiger partial charge >= 0.3 is 0 Å². The first-order valence-electron chi connectivity index (χ1n) is 5.38. The Labute approximate surface area is 93.4 Å². The summed E-state index contributed by atoms with van der Waals surface area (Å²) in [4.78, 5) is 4.32. The van der Waals surface area contributed by atoms with E-state index in [-0.39, 0.29) is 0 Å². The Morgan fingerprint density at radius 2 is 2.47 bits per heavy atom. The highest BCUT2D eigenvalue weighted by Crippen LogP contribution is 2.37. The quantitative estimate of drug-likeness (QED) is 0.857. The SMILES string of the molecule is CC(O)Cc1noc(C2CCCCS2)n1. The van der Waals surface area contributed by atoms with E-state index in [1.165, 1.54) is 18.6 Å². The van der Waals surface area contributed by atoms with Crippen molar-refractivity contribution in [3.05, 3.63) is 11.7 Å². The highest BCUT2D eigenvalue weighted by atomic mass is 32.2. The summed E-state index contributed by atoms with van der Waals surface area (Å²) in [5.74, 6) is 2.53. The highest BCUT2D eigenvalue weighted by Gasteiger charge is 2.22. The van der Waals surface area contributed by atoms with Crippen molar-refractivity contribution in [2.45, 2.75) is 44.0 Å². The van der Waals surface area contributed by atoms with E-state index in [0.717, 1.165) is 12.3 Å². The Kier molecular flexibility index (Phi) is 3.64. The fourth-order valence-corrected chi connectivity index (χ4v) is 2.91.